The molecule has 0 aromatic carbocycles. The topological polar surface area (TPSA) is 70.6 Å². The molecular formula is C11H24N2O3. The quantitative estimate of drug-likeness (QED) is 0.485. The van der Waals surface area contributed by atoms with Crippen molar-refractivity contribution in [1.82, 2.24) is 10.6 Å². The second kappa shape index (κ2) is 9.57. The molecule has 0 bridgehead atoms. The predicted octanol–water partition coefficient (Wildman–Crippen LogP) is -0.112. The summed E-state index contributed by atoms with van der Waals surface area (Å²) in [6, 6.07) is -0.00545. The molecule has 2 atom stereocenters. The van der Waals surface area contributed by atoms with Crippen molar-refractivity contribution in [2.24, 2.45) is 0 Å². The van der Waals surface area contributed by atoms with Crippen LogP contribution in [-0.2, 0) is 9.53 Å². The average Bonchev–Trinajstić information content (AvgIpc) is 2.28. The summed E-state index contributed by atoms with van der Waals surface area (Å²) in [4.78, 5) is 11.6. The molecule has 0 rings (SSSR count). The van der Waals surface area contributed by atoms with Crippen LogP contribution in [0.1, 0.15) is 27.2 Å². The van der Waals surface area contributed by atoms with Gasteiger partial charge in [0.05, 0.1) is 25.9 Å². The second-order valence-corrected chi connectivity index (χ2v) is 3.83. The lowest BCUT2D eigenvalue weighted by Crippen LogP contribution is -2.46. The molecule has 96 valence electrons. The van der Waals surface area contributed by atoms with Crippen LogP contribution in [0.3, 0.4) is 0 Å². The monoisotopic (exact) mass is 232 g/mol. The van der Waals surface area contributed by atoms with E-state index in [1.165, 1.54) is 0 Å². The molecule has 16 heavy (non-hydrogen) atoms. The number of aliphatic hydroxyl groups excluding tert-OH is 1. The van der Waals surface area contributed by atoms with E-state index < -0.39 is 0 Å². The minimum Gasteiger partial charge on any atom is -0.394 e. The number of amides is 1. The first kappa shape index (κ1) is 15.3. The largest absolute Gasteiger partial charge is 0.394 e. The van der Waals surface area contributed by atoms with E-state index in [0.29, 0.717) is 19.8 Å². The highest BCUT2D eigenvalue weighted by molar-refractivity contribution is 5.81. The first-order chi connectivity index (χ1) is 7.61. The molecule has 2 unspecified atom stereocenters. The summed E-state index contributed by atoms with van der Waals surface area (Å²) < 4.78 is 5.07. The molecule has 0 aromatic rings. The highest BCUT2D eigenvalue weighted by Gasteiger charge is 2.13. The van der Waals surface area contributed by atoms with Crippen LogP contribution in [-0.4, -0.2) is 49.5 Å². The van der Waals surface area contributed by atoms with E-state index in [4.69, 9.17) is 9.84 Å². The molecule has 0 saturated carbocycles. The molecule has 0 saturated heterocycles. The minimum absolute atomic E-state index is 0.0107. The third-order valence-corrected chi connectivity index (χ3v) is 2.33. The Kier molecular flexibility index (Phi) is 9.18. The van der Waals surface area contributed by atoms with Gasteiger partial charge >= 0.3 is 0 Å². The molecule has 0 aliphatic heterocycles. The Morgan fingerprint density at radius 1 is 1.38 bits per heavy atom. The van der Waals surface area contributed by atoms with Crippen LogP contribution in [0.25, 0.3) is 0 Å². The molecule has 0 spiro atoms. The zero-order valence-electron chi connectivity index (χ0n) is 10.5. The van der Waals surface area contributed by atoms with Crippen molar-refractivity contribution in [3.8, 4) is 0 Å². The summed E-state index contributed by atoms with van der Waals surface area (Å²) in [7, 11) is 0. The summed E-state index contributed by atoms with van der Waals surface area (Å²) in [6.07, 6.45) is 0.929. The van der Waals surface area contributed by atoms with Gasteiger partial charge in [0, 0.05) is 12.6 Å². The van der Waals surface area contributed by atoms with Gasteiger partial charge in [-0.15, -0.1) is 0 Å². The first-order valence-corrected chi connectivity index (χ1v) is 5.84. The Hall–Kier alpha value is -0.650. The lowest BCUT2D eigenvalue weighted by molar-refractivity contribution is -0.123. The molecule has 0 aromatic heterocycles. The third-order valence-electron chi connectivity index (χ3n) is 2.33. The maximum atomic E-state index is 11.6. The highest BCUT2D eigenvalue weighted by Crippen LogP contribution is 1.90. The van der Waals surface area contributed by atoms with Crippen LogP contribution < -0.4 is 10.6 Å². The number of ether oxygens (including phenoxy) is 1. The van der Waals surface area contributed by atoms with E-state index in [1.54, 1.807) is 0 Å². The number of carbonyl (C=O) groups is 1. The van der Waals surface area contributed by atoms with Crippen LogP contribution in [0.4, 0.5) is 0 Å². The fraction of sp³-hybridized carbons (Fsp3) is 0.909. The Labute approximate surface area is 97.6 Å². The lowest BCUT2D eigenvalue weighted by atomic mass is 10.2. The molecule has 0 aliphatic carbocycles. The van der Waals surface area contributed by atoms with Crippen molar-refractivity contribution in [2.45, 2.75) is 39.3 Å². The number of nitrogens with one attached hydrogen (secondary N) is 2. The van der Waals surface area contributed by atoms with Gasteiger partial charge in [-0.25, -0.2) is 0 Å². The van der Waals surface area contributed by atoms with Gasteiger partial charge in [0.25, 0.3) is 0 Å². The van der Waals surface area contributed by atoms with Crippen LogP contribution in [0.2, 0.25) is 0 Å². The van der Waals surface area contributed by atoms with Crippen molar-refractivity contribution < 1.29 is 14.6 Å². The van der Waals surface area contributed by atoms with Crippen molar-refractivity contribution in [2.75, 3.05) is 26.4 Å². The van der Waals surface area contributed by atoms with Crippen molar-refractivity contribution in [3.63, 3.8) is 0 Å². The fourth-order valence-corrected chi connectivity index (χ4v) is 1.08. The van der Waals surface area contributed by atoms with Crippen LogP contribution in [0.15, 0.2) is 0 Å². The maximum absolute atomic E-state index is 11.6. The number of rotatable bonds is 9. The Morgan fingerprint density at radius 2 is 2.06 bits per heavy atom. The highest BCUT2D eigenvalue weighted by atomic mass is 16.5. The molecule has 0 aliphatic rings. The van der Waals surface area contributed by atoms with E-state index in [1.807, 2.05) is 20.8 Å². The van der Waals surface area contributed by atoms with Gasteiger partial charge in [0.15, 0.2) is 0 Å². The van der Waals surface area contributed by atoms with Crippen LogP contribution >= 0.6 is 0 Å². The van der Waals surface area contributed by atoms with Gasteiger partial charge in [-0.3, -0.25) is 4.79 Å². The first-order valence-electron chi connectivity index (χ1n) is 5.84. The van der Waals surface area contributed by atoms with E-state index in [0.717, 1.165) is 6.42 Å². The third kappa shape index (κ3) is 7.62. The van der Waals surface area contributed by atoms with E-state index >= 15 is 0 Å². The predicted molar refractivity (Wildman–Crippen MR) is 63.3 cm³/mol. The van der Waals surface area contributed by atoms with Crippen LogP contribution in [0, 0.1) is 0 Å². The number of aliphatic hydroxyl groups is 1. The molecule has 5 nitrogen and oxygen atoms in total. The molecule has 0 heterocycles. The van der Waals surface area contributed by atoms with E-state index in [-0.39, 0.29) is 24.6 Å². The smallest absolute Gasteiger partial charge is 0.237 e. The molecule has 3 N–H and O–H groups in total. The molecule has 0 fully saturated rings. The van der Waals surface area contributed by atoms with Gasteiger partial charge < -0.3 is 20.5 Å². The average molecular weight is 232 g/mol. The van der Waals surface area contributed by atoms with E-state index in [2.05, 4.69) is 10.6 Å². The lowest BCUT2D eigenvalue weighted by Gasteiger charge is -2.17. The minimum atomic E-state index is -0.216. The van der Waals surface area contributed by atoms with Gasteiger partial charge in [-0.1, -0.05) is 6.92 Å². The van der Waals surface area contributed by atoms with Gasteiger partial charge in [-0.2, -0.15) is 0 Å². The Balaban J connectivity index is 3.55. The zero-order valence-corrected chi connectivity index (χ0v) is 10.5. The second-order valence-electron chi connectivity index (χ2n) is 3.83. The van der Waals surface area contributed by atoms with Crippen molar-refractivity contribution in [3.05, 3.63) is 0 Å². The molecular weight excluding hydrogens is 208 g/mol. The Morgan fingerprint density at radius 3 is 2.62 bits per heavy atom. The zero-order chi connectivity index (χ0) is 12.4. The Bertz CT molecular complexity index is 188. The standard InChI is InChI=1S/C11H24N2O3/c1-4-9(2)13-11(15)10(3)12-5-7-16-8-6-14/h9-10,12,14H,4-8H2,1-3H3,(H,13,15). The summed E-state index contributed by atoms with van der Waals surface area (Å²) in [6.45, 7) is 7.32. The van der Waals surface area contributed by atoms with Crippen molar-refractivity contribution >= 4 is 5.91 Å². The molecule has 5 heteroatoms. The van der Waals surface area contributed by atoms with E-state index in [9.17, 15) is 4.79 Å². The number of carbonyl (C=O) groups excluding carboxylic acids is 1. The molecule has 1 amide bonds. The SMILES string of the molecule is CCC(C)NC(=O)C(C)NCCOCCO. The van der Waals surface area contributed by atoms with Gasteiger partial charge in [0.2, 0.25) is 5.91 Å². The normalized spacial score (nSPS) is 14.5. The maximum Gasteiger partial charge on any atom is 0.237 e. The van der Waals surface area contributed by atoms with Crippen molar-refractivity contribution in [1.29, 1.82) is 0 Å². The molecule has 0 radical (unpaired) electrons. The van der Waals surface area contributed by atoms with Gasteiger partial charge in [0.1, 0.15) is 0 Å². The summed E-state index contributed by atoms with van der Waals surface area (Å²) >= 11 is 0. The summed E-state index contributed by atoms with van der Waals surface area (Å²) in [5.41, 5.74) is 0. The fourth-order valence-electron chi connectivity index (χ4n) is 1.08. The van der Waals surface area contributed by atoms with Crippen LogP contribution in [0.5, 0.6) is 0 Å². The summed E-state index contributed by atoms with van der Waals surface area (Å²) in [5.74, 6) is 0.0107. The number of hydrogen-bond acceptors (Lipinski definition) is 4. The number of hydrogen-bond donors (Lipinski definition) is 3. The van der Waals surface area contributed by atoms with Gasteiger partial charge in [-0.05, 0) is 20.3 Å². The summed E-state index contributed by atoms with van der Waals surface area (Å²) in [5, 5.41) is 14.4.